The average molecular weight is 488 g/mol. The Morgan fingerprint density at radius 1 is 1.08 bits per heavy atom. The smallest absolute Gasteiger partial charge is 0.242 e. The molecule has 2 aromatic carbocycles. The first-order valence-electron chi connectivity index (χ1n) is 7.99. The van der Waals surface area contributed by atoms with Crippen molar-refractivity contribution in [3.05, 3.63) is 65.7 Å². The molecule has 0 saturated heterocycles. The van der Waals surface area contributed by atoms with Gasteiger partial charge in [-0.2, -0.15) is 0 Å². The van der Waals surface area contributed by atoms with Crippen LogP contribution in [0, 0.1) is 0 Å². The summed E-state index contributed by atoms with van der Waals surface area (Å²) in [5.74, 6) is 0.299. The molecule has 0 atom stereocenters. The van der Waals surface area contributed by atoms with Gasteiger partial charge in [0.25, 0.3) is 0 Å². The summed E-state index contributed by atoms with van der Waals surface area (Å²) in [5, 5.41) is 3.05. The lowest BCUT2D eigenvalue weighted by atomic mass is 10.1. The number of benzene rings is 2. The Hall–Kier alpha value is -1.65. The fourth-order valence-electron chi connectivity index (χ4n) is 2.29. The van der Waals surface area contributed by atoms with E-state index in [9.17, 15) is 8.42 Å². The molecule has 0 aliphatic carbocycles. The fraction of sp³-hybridized carbons (Fsp3) is 0.278. The van der Waals surface area contributed by atoms with Crippen molar-refractivity contribution in [3.8, 4) is 0 Å². The topological polar surface area (TPSA) is 87.8 Å². The molecule has 0 spiro atoms. The van der Waals surface area contributed by atoms with E-state index in [0.29, 0.717) is 18.1 Å². The van der Waals surface area contributed by atoms with Gasteiger partial charge >= 0.3 is 0 Å². The summed E-state index contributed by atoms with van der Waals surface area (Å²) in [6.45, 7) is 0.865. The summed E-state index contributed by atoms with van der Waals surface area (Å²) >= 11 is 0. The van der Waals surface area contributed by atoms with Crippen molar-refractivity contribution >= 4 is 40.0 Å². The summed E-state index contributed by atoms with van der Waals surface area (Å²) in [6.07, 6.45) is 0.836. The molecule has 0 amide bonds. The predicted octanol–water partition coefficient (Wildman–Crippen LogP) is 2.20. The molecule has 0 radical (unpaired) electrons. The lowest BCUT2D eigenvalue weighted by molar-refractivity contribution is 0.519. The standard InChI is InChI=1S/C18H24N4O2S.HI/c1-22(2)25(23,24)17-11-7-6-10-16(17)14-21-18(19)20-13-12-15-8-4-3-5-9-15;/h3-11H,12-14H2,1-2H3,(H3,19,20,21);1H. The van der Waals surface area contributed by atoms with Gasteiger partial charge in [-0.15, -0.1) is 24.0 Å². The van der Waals surface area contributed by atoms with Crippen molar-refractivity contribution in [2.45, 2.75) is 17.9 Å². The first-order chi connectivity index (χ1) is 11.9. The predicted molar refractivity (Wildman–Crippen MR) is 116 cm³/mol. The first kappa shape index (κ1) is 22.4. The minimum absolute atomic E-state index is 0. The van der Waals surface area contributed by atoms with Crippen molar-refractivity contribution in [1.29, 1.82) is 0 Å². The van der Waals surface area contributed by atoms with Gasteiger partial charge in [0, 0.05) is 20.6 Å². The second kappa shape index (κ2) is 10.5. The number of rotatable bonds is 7. The van der Waals surface area contributed by atoms with E-state index in [1.165, 1.54) is 24.0 Å². The zero-order chi connectivity index (χ0) is 18.3. The molecule has 0 aliphatic heterocycles. The van der Waals surface area contributed by atoms with Crippen LogP contribution in [0.2, 0.25) is 0 Å². The van der Waals surface area contributed by atoms with E-state index in [1.807, 2.05) is 18.2 Å². The molecule has 0 heterocycles. The summed E-state index contributed by atoms with van der Waals surface area (Å²) < 4.78 is 25.9. The lowest BCUT2D eigenvalue weighted by Gasteiger charge is -2.14. The van der Waals surface area contributed by atoms with Crippen LogP contribution in [0.15, 0.2) is 64.5 Å². The molecule has 0 aliphatic rings. The van der Waals surface area contributed by atoms with Crippen LogP contribution in [0.3, 0.4) is 0 Å². The zero-order valence-electron chi connectivity index (χ0n) is 14.9. The van der Waals surface area contributed by atoms with E-state index in [4.69, 9.17) is 5.73 Å². The van der Waals surface area contributed by atoms with Crippen molar-refractivity contribution in [2.75, 3.05) is 20.6 Å². The number of halogens is 1. The third-order valence-electron chi connectivity index (χ3n) is 3.71. The van der Waals surface area contributed by atoms with Crippen molar-refractivity contribution in [2.24, 2.45) is 10.7 Å². The number of nitrogens with zero attached hydrogens (tertiary/aromatic N) is 2. The Kier molecular flexibility index (Phi) is 9.03. The highest BCUT2D eigenvalue weighted by atomic mass is 127. The van der Waals surface area contributed by atoms with Crippen LogP contribution in [0.1, 0.15) is 11.1 Å². The quantitative estimate of drug-likeness (QED) is 0.356. The second-order valence-electron chi connectivity index (χ2n) is 5.76. The summed E-state index contributed by atoms with van der Waals surface area (Å²) in [6, 6.07) is 16.9. The SMILES string of the molecule is CN(C)S(=O)(=O)c1ccccc1CN=C(N)NCCc1ccccc1.I. The lowest BCUT2D eigenvalue weighted by Crippen LogP contribution is -2.33. The molecule has 0 unspecified atom stereocenters. The molecule has 6 nitrogen and oxygen atoms in total. The van der Waals surface area contributed by atoms with E-state index in [1.54, 1.807) is 24.3 Å². The summed E-state index contributed by atoms with van der Waals surface area (Å²) in [5.41, 5.74) is 7.71. The Balaban J connectivity index is 0.00000338. The monoisotopic (exact) mass is 488 g/mol. The van der Waals surface area contributed by atoms with E-state index < -0.39 is 10.0 Å². The zero-order valence-corrected chi connectivity index (χ0v) is 18.1. The number of nitrogens with one attached hydrogen (secondary N) is 1. The highest BCUT2D eigenvalue weighted by Crippen LogP contribution is 2.19. The molecule has 26 heavy (non-hydrogen) atoms. The van der Waals surface area contributed by atoms with E-state index in [-0.39, 0.29) is 35.4 Å². The number of sulfonamides is 1. The first-order valence-corrected chi connectivity index (χ1v) is 9.43. The number of guanidine groups is 1. The molecule has 0 bridgehead atoms. The Labute approximate surface area is 172 Å². The maximum absolute atomic E-state index is 12.4. The number of hydrogen-bond donors (Lipinski definition) is 2. The molecule has 8 heteroatoms. The van der Waals surface area contributed by atoms with Crippen LogP contribution in [-0.2, 0) is 23.0 Å². The molecular formula is C18H25IN4O2S. The minimum Gasteiger partial charge on any atom is -0.370 e. The van der Waals surface area contributed by atoms with Gasteiger partial charge in [0.2, 0.25) is 10.0 Å². The van der Waals surface area contributed by atoms with Crippen LogP contribution in [-0.4, -0.2) is 39.3 Å². The van der Waals surface area contributed by atoms with Gasteiger partial charge in [-0.1, -0.05) is 48.5 Å². The normalized spacial score (nSPS) is 11.9. The van der Waals surface area contributed by atoms with Gasteiger partial charge in [0.05, 0.1) is 11.4 Å². The average Bonchev–Trinajstić information content (AvgIpc) is 2.61. The molecule has 142 valence electrons. The van der Waals surface area contributed by atoms with Gasteiger partial charge in [0.1, 0.15) is 0 Å². The minimum atomic E-state index is -3.51. The molecule has 2 rings (SSSR count). The van der Waals surface area contributed by atoms with Gasteiger partial charge in [0.15, 0.2) is 5.96 Å². The largest absolute Gasteiger partial charge is 0.370 e. The second-order valence-corrected chi connectivity index (χ2v) is 7.88. The Morgan fingerprint density at radius 3 is 2.35 bits per heavy atom. The van der Waals surface area contributed by atoms with Crippen LogP contribution < -0.4 is 11.1 Å². The fourth-order valence-corrected chi connectivity index (χ4v) is 3.40. The highest BCUT2D eigenvalue weighted by Gasteiger charge is 2.20. The van der Waals surface area contributed by atoms with Gasteiger partial charge in [-0.25, -0.2) is 17.7 Å². The van der Waals surface area contributed by atoms with Crippen molar-refractivity contribution in [1.82, 2.24) is 9.62 Å². The third kappa shape index (κ3) is 6.26. The summed E-state index contributed by atoms with van der Waals surface area (Å²) in [4.78, 5) is 4.51. The highest BCUT2D eigenvalue weighted by molar-refractivity contribution is 14.0. The molecule has 3 N–H and O–H groups in total. The van der Waals surface area contributed by atoms with Crippen LogP contribution in [0.25, 0.3) is 0 Å². The molecule has 0 saturated carbocycles. The number of aliphatic imine (C=N–C) groups is 1. The molecular weight excluding hydrogens is 463 g/mol. The maximum Gasteiger partial charge on any atom is 0.242 e. The van der Waals surface area contributed by atoms with Gasteiger partial charge < -0.3 is 11.1 Å². The number of hydrogen-bond acceptors (Lipinski definition) is 3. The Bertz CT molecular complexity index is 824. The maximum atomic E-state index is 12.4. The molecule has 2 aromatic rings. The van der Waals surface area contributed by atoms with Crippen LogP contribution in [0.5, 0.6) is 0 Å². The van der Waals surface area contributed by atoms with E-state index in [2.05, 4.69) is 22.4 Å². The Morgan fingerprint density at radius 2 is 1.69 bits per heavy atom. The molecule has 0 fully saturated rings. The van der Waals surface area contributed by atoms with Crippen LogP contribution >= 0.6 is 24.0 Å². The van der Waals surface area contributed by atoms with E-state index >= 15 is 0 Å². The number of nitrogens with two attached hydrogens (primary N) is 1. The third-order valence-corrected chi connectivity index (χ3v) is 5.63. The van der Waals surface area contributed by atoms with Gasteiger partial charge in [-0.3, -0.25) is 0 Å². The van der Waals surface area contributed by atoms with Crippen molar-refractivity contribution < 1.29 is 8.42 Å². The van der Waals surface area contributed by atoms with Crippen molar-refractivity contribution in [3.63, 3.8) is 0 Å². The van der Waals surface area contributed by atoms with Gasteiger partial charge in [-0.05, 0) is 23.6 Å². The van der Waals surface area contributed by atoms with Crippen LogP contribution in [0.4, 0.5) is 0 Å². The molecule has 0 aromatic heterocycles. The van der Waals surface area contributed by atoms with E-state index in [0.717, 1.165) is 6.42 Å². The summed E-state index contributed by atoms with van der Waals surface area (Å²) in [7, 11) is -0.488.